The smallest absolute Gasteiger partial charge is 0.259 e. The van der Waals surface area contributed by atoms with E-state index in [0.717, 1.165) is 18.6 Å². The van der Waals surface area contributed by atoms with Crippen LogP contribution >= 0.6 is 0 Å². The van der Waals surface area contributed by atoms with Gasteiger partial charge in [-0.15, -0.1) is 0 Å². The Morgan fingerprint density at radius 2 is 2.00 bits per heavy atom. The van der Waals surface area contributed by atoms with Crippen molar-refractivity contribution in [2.24, 2.45) is 0 Å². The van der Waals surface area contributed by atoms with Crippen LogP contribution in [0.2, 0.25) is 0 Å². The van der Waals surface area contributed by atoms with Crippen molar-refractivity contribution in [2.75, 3.05) is 18.8 Å². The molecule has 1 aromatic carbocycles. The predicted octanol–water partition coefficient (Wildman–Crippen LogP) is 1.39. The van der Waals surface area contributed by atoms with Crippen LogP contribution in [-0.4, -0.2) is 23.9 Å². The summed E-state index contributed by atoms with van der Waals surface area (Å²) in [6, 6.07) is 2.11. The molecular weight excluding hydrogens is 202 g/mol. The van der Waals surface area contributed by atoms with E-state index >= 15 is 0 Å². The molecule has 0 unspecified atom stereocenters. The minimum atomic E-state index is -0.966. The Hall–Kier alpha value is -1.65. The topological polar surface area (TPSA) is 46.3 Å². The zero-order valence-corrected chi connectivity index (χ0v) is 7.96. The molecule has 3 nitrogen and oxygen atoms in total. The second-order valence-corrected chi connectivity index (χ2v) is 3.47. The third-order valence-corrected chi connectivity index (χ3v) is 2.48. The number of carbonyl (C=O) groups is 1. The standard InChI is InChI=1S/C10H10F2N2O/c11-6-2-3-7(13)9(12)8(6)10(15)14-4-1-5-14/h2-3H,1,4-5,13H2. The molecular formula is C10H10F2N2O. The third kappa shape index (κ3) is 1.54. The largest absolute Gasteiger partial charge is 0.396 e. The Kier molecular flexibility index (Phi) is 2.30. The van der Waals surface area contributed by atoms with Crippen molar-refractivity contribution >= 4 is 11.6 Å². The zero-order chi connectivity index (χ0) is 11.0. The molecule has 0 spiro atoms. The molecule has 1 aliphatic heterocycles. The van der Waals surface area contributed by atoms with Crippen LogP contribution < -0.4 is 5.73 Å². The maximum Gasteiger partial charge on any atom is 0.259 e. The number of amides is 1. The van der Waals surface area contributed by atoms with Crippen molar-refractivity contribution in [1.29, 1.82) is 0 Å². The zero-order valence-electron chi connectivity index (χ0n) is 7.96. The highest BCUT2D eigenvalue weighted by Gasteiger charge is 2.27. The molecule has 1 aliphatic rings. The fourth-order valence-electron chi connectivity index (χ4n) is 1.44. The van der Waals surface area contributed by atoms with Crippen LogP contribution in [0.4, 0.5) is 14.5 Å². The SMILES string of the molecule is Nc1ccc(F)c(C(=O)N2CCC2)c1F. The van der Waals surface area contributed by atoms with Crippen LogP contribution in [0.3, 0.4) is 0 Å². The van der Waals surface area contributed by atoms with E-state index in [1.165, 1.54) is 4.90 Å². The van der Waals surface area contributed by atoms with Crippen LogP contribution in [0.15, 0.2) is 12.1 Å². The van der Waals surface area contributed by atoms with Gasteiger partial charge in [-0.3, -0.25) is 4.79 Å². The van der Waals surface area contributed by atoms with E-state index in [1.807, 2.05) is 0 Å². The summed E-state index contributed by atoms with van der Waals surface area (Å²) in [5, 5.41) is 0. The Balaban J connectivity index is 2.41. The number of hydrogen-bond donors (Lipinski definition) is 1. The van der Waals surface area contributed by atoms with Gasteiger partial charge in [-0.05, 0) is 18.6 Å². The molecule has 1 aromatic rings. The number of carbonyl (C=O) groups excluding carboxylic acids is 1. The highest BCUT2D eigenvalue weighted by atomic mass is 19.1. The molecule has 0 aromatic heterocycles. The molecule has 80 valence electrons. The van der Waals surface area contributed by atoms with Gasteiger partial charge < -0.3 is 10.6 Å². The third-order valence-electron chi connectivity index (χ3n) is 2.48. The van der Waals surface area contributed by atoms with E-state index < -0.39 is 23.1 Å². The first kappa shape index (κ1) is 9.89. The van der Waals surface area contributed by atoms with Crippen LogP contribution in [0.5, 0.6) is 0 Å². The van der Waals surface area contributed by atoms with Crippen molar-refractivity contribution in [3.63, 3.8) is 0 Å². The van der Waals surface area contributed by atoms with Gasteiger partial charge in [-0.1, -0.05) is 0 Å². The number of anilines is 1. The molecule has 1 heterocycles. The lowest BCUT2D eigenvalue weighted by Gasteiger charge is -2.31. The van der Waals surface area contributed by atoms with Crippen molar-refractivity contribution in [3.8, 4) is 0 Å². The van der Waals surface area contributed by atoms with Crippen LogP contribution in [0.1, 0.15) is 16.8 Å². The number of rotatable bonds is 1. The molecule has 0 atom stereocenters. The van der Waals surface area contributed by atoms with Crippen molar-refractivity contribution in [2.45, 2.75) is 6.42 Å². The Bertz CT molecular complexity index is 416. The quantitative estimate of drug-likeness (QED) is 0.715. The summed E-state index contributed by atoms with van der Waals surface area (Å²) in [6.07, 6.45) is 0.872. The van der Waals surface area contributed by atoms with E-state index in [0.29, 0.717) is 13.1 Å². The Morgan fingerprint density at radius 3 is 2.53 bits per heavy atom. The molecule has 0 saturated carbocycles. The van der Waals surface area contributed by atoms with Gasteiger partial charge in [0.15, 0.2) is 5.82 Å². The van der Waals surface area contributed by atoms with Crippen molar-refractivity contribution in [1.82, 2.24) is 4.90 Å². The van der Waals surface area contributed by atoms with Gasteiger partial charge in [-0.2, -0.15) is 0 Å². The maximum absolute atomic E-state index is 13.4. The lowest BCUT2D eigenvalue weighted by molar-refractivity contribution is 0.0642. The molecule has 1 amide bonds. The molecule has 2 rings (SSSR count). The van der Waals surface area contributed by atoms with Crippen LogP contribution in [0, 0.1) is 11.6 Å². The molecule has 0 bridgehead atoms. The summed E-state index contributed by atoms with van der Waals surface area (Å²) >= 11 is 0. The molecule has 1 fully saturated rings. The van der Waals surface area contributed by atoms with Gasteiger partial charge in [0.1, 0.15) is 11.4 Å². The number of likely N-dealkylation sites (tertiary alicyclic amines) is 1. The summed E-state index contributed by atoms with van der Waals surface area (Å²) < 4.78 is 26.7. The number of halogens is 2. The molecule has 2 N–H and O–H groups in total. The Morgan fingerprint density at radius 1 is 1.33 bits per heavy atom. The van der Waals surface area contributed by atoms with Crippen LogP contribution in [0.25, 0.3) is 0 Å². The summed E-state index contributed by atoms with van der Waals surface area (Å²) in [7, 11) is 0. The minimum absolute atomic E-state index is 0.208. The first-order valence-corrected chi connectivity index (χ1v) is 4.64. The maximum atomic E-state index is 13.4. The lowest BCUT2D eigenvalue weighted by atomic mass is 10.1. The average molecular weight is 212 g/mol. The van der Waals surface area contributed by atoms with Gasteiger partial charge >= 0.3 is 0 Å². The monoisotopic (exact) mass is 212 g/mol. The molecule has 5 heteroatoms. The minimum Gasteiger partial charge on any atom is -0.396 e. The number of nitrogen functional groups attached to an aromatic ring is 1. The fourth-order valence-corrected chi connectivity index (χ4v) is 1.44. The second kappa shape index (κ2) is 3.49. The average Bonchev–Trinajstić information content (AvgIpc) is 2.09. The molecule has 1 saturated heterocycles. The second-order valence-electron chi connectivity index (χ2n) is 3.47. The van der Waals surface area contributed by atoms with E-state index in [-0.39, 0.29) is 5.69 Å². The predicted molar refractivity (Wildman–Crippen MR) is 51.3 cm³/mol. The van der Waals surface area contributed by atoms with Gasteiger partial charge in [0, 0.05) is 13.1 Å². The van der Waals surface area contributed by atoms with Gasteiger partial charge in [0.05, 0.1) is 5.69 Å². The Labute approximate surface area is 85.5 Å². The van der Waals surface area contributed by atoms with Gasteiger partial charge in [-0.25, -0.2) is 8.78 Å². The van der Waals surface area contributed by atoms with Crippen molar-refractivity contribution < 1.29 is 13.6 Å². The summed E-state index contributed by atoms with van der Waals surface area (Å²) in [5.74, 6) is -2.45. The molecule has 15 heavy (non-hydrogen) atoms. The van der Waals surface area contributed by atoms with Crippen molar-refractivity contribution in [3.05, 3.63) is 29.3 Å². The lowest BCUT2D eigenvalue weighted by Crippen LogP contribution is -2.42. The van der Waals surface area contributed by atoms with E-state index in [2.05, 4.69) is 0 Å². The van der Waals surface area contributed by atoms with Crippen LogP contribution in [-0.2, 0) is 0 Å². The number of nitrogens with two attached hydrogens (primary N) is 1. The highest BCUT2D eigenvalue weighted by molar-refractivity contribution is 5.96. The van der Waals surface area contributed by atoms with E-state index in [9.17, 15) is 13.6 Å². The van der Waals surface area contributed by atoms with Gasteiger partial charge in [0.2, 0.25) is 0 Å². The van der Waals surface area contributed by atoms with E-state index in [1.54, 1.807) is 0 Å². The van der Waals surface area contributed by atoms with E-state index in [4.69, 9.17) is 5.73 Å². The fraction of sp³-hybridized carbons (Fsp3) is 0.300. The summed E-state index contributed by atoms with van der Waals surface area (Å²) in [5.41, 5.74) is 4.52. The molecule has 0 radical (unpaired) electrons. The highest BCUT2D eigenvalue weighted by Crippen LogP contribution is 2.22. The first-order chi connectivity index (χ1) is 7.11. The number of hydrogen-bond acceptors (Lipinski definition) is 2. The summed E-state index contributed by atoms with van der Waals surface area (Å²) in [4.78, 5) is 13.0. The number of nitrogens with zero attached hydrogens (tertiary/aromatic N) is 1. The number of benzene rings is 1. The normalized spacial score (nSPS) is 14.9. The van der Waals surface area contributed by atoms with Gasteiger partial charge in [0.25, 0.3) is 5.91 Å². The molecule has 0 aliphatic carbocycles. The summed E-state index contributed by atoms with van der Waals surface area (Å²) in [6.45, 7) is 1.10. The first-order valence-electron chi connectivity index (χ1n) is 4.64.